The molecule has 0 radical (unpaired) electrons. The summed E-state index contributed by atoms with van der Waals surface area (Å²) in [5, 5.41) is 19.1. The first-order valence-corrected chi connectivity index (χ1v) is 4.64. The first-order chi connectivity index (χ1) is 6.57. The van der Waals surface area contributed by atoms with E-state index in [2.05, 4.69) is 0 Å². The summed E-state index contributed by atoms with van der Waals surface area (Å²) in [4.78, 5) is 0. The average molecular weight is 196 g/mol. The van der Waals surface area contributed by atoms with Gasteiger partial charge in [-0.05, 0) is 29.7 Å². The molecule has 0 bridgehead atoms. The van der Waals surface area contributed by atoms with Crippen molar-refractivity contribution in [2.24, 2.45) is 5.41 Å². The van der Waals surface area contributed by atoms with Gasteiger partial charge in [0.2, 0.25) is 0 Å². The minimum atomic E-state index is -0.692. The number of fused-ring (bicyclic) bond motifs is 1. The highest BCUT2D eigenvalue weighted by Crippen LogP contribution is 2.45. The van der Waals surface area contributed by atoms with Crippen molar-refractivity contribution >= 4 is 0 Å². The second kappa shape index (κ2) is 3.04. The van der Waals surface area contributed by atoms with Gasteiger partial charge in [-0.3, -0.25) is 0 Å². The van der Waals surface area contributed by atoms with E-state index in [9.17, 15) is 14.6 Å². The summed E-state index contributed by atoms with van der Waals surface area (Å²) in [6.07, 6.45) is -0.166. The zero-order valence-corrected chi connectivity index (χ0v) is 8.00. The van der Waals surface area contributed by atoms with Crippen LogP contribution in [0.5, 0.6) is 0 Å². The van der Waals surface area contributed by atoms with Gasteiger partial charge in [-0.25, -0.2) is 4.39 Å². The molecule has 2 rings (SSSR count). The molecule has 1 aliphatic carbocycles. The molecule has 2 N–H and O–H groups in total. The lowest BCUT2D eigenvalue weighted by atomic mass is 9.86. The Kier molecular flexibility index (Phi) is 2.09. The molecule has 1 aromatic rings. The van der Waals surface area contributed by atoms with Crippen molar-refractivity contribution in [2.75, 3.05) is 6.61 Å². The number of rotatable bonds is 1. The van der Waals surface area contributed by atoms with Gasteiger partial charge < -0.3 is 10.2 Å². The van der Waals surface area contributed by atoms with Gasteiger partial charge in [-0.1, -0.05) is 13.0 Å². The SMILES string of the molecule is C[C@]1(CO)Cc2cc(F)ccc2[C@@H]1O. The third-order valence-electron chi connectivity index (χ3n) is 3.02. The Hall–Kier alpha value is -0.930. The minimum absolute atomic E-state index is 0.0928. The Bertz CT molecular complexity index is 364. The van der Waals surface area contributed by atoms with Gasteiger partial charge in [0.05, 0.1) is 12.7 Å². The summed E-state index contributed by atoms with van der Waals surface area (Å²) in [6, 6.07) is 4.36. The lowest BCUT2D eigenvalue weighted by Gasteiger charge is -2.25. The number of aliphatic hydroxyl groups is 2. The van der Waals surface area contributed by atoms with Gasteiger partial charge in [0.1, 0.15) is 5.82 Å². The number of hydrogen-bond donors (Lipinski definition) is 2. The van der Waals surface area contributed by atoms with Gasteiger partial charge in [-0.2, -0.15) is 0 Å². The minimum Gasteiger partial charge on any atom is -0.396 e. The molecule has 2 atom stereocenters. The fraction of sp³-hybridized carbons (Fsp3) is 0.455. The topological polar surface area (TPSA) is 40.5 Å². The molecule has 76 valence electrons. The summed E-state index contributed by atoms with van der Waals surface area (Å²) in [6.45, 7) is 1.71. The highest BCUT2D eigenvalue weighted by Gasteiger charge is 2.41. The van der Waals surface area contributed by atoms with E-state index in [1.807, 2.05) is 0 Å². The summed E-state index contributed by atoms with van der Waals surface area (Å²) < 4.78 is 12.9. The maximum absolute atomic E-state index is 12.9. The van der Waals surface area contributed by atoms with Crippen LogP contribution in [-0.2, 0) is 6.42 Å². The van der Waals surface area contributed by atoms with Gasteiger partial charge in [0, 0.05) is 5.41 Å². The van der Waals surface area contributed by atoms with Crippen molar-refractivity contribution in [3.05, 3.63) is 35.1 Å². The maximum atomic E-state index is 12.9. The van der Waals surface area contributed by atoms with Crippen molar-refractivity contribution < 1.29 is 14.6 Å². The van der Waals surface area contributed by atoms with Crippen molar-refractivity contribution in [1.82, 2.24) is 0 Å². The molecule has 1 aliphatic rings. The number of aliphatic hydroxyl groups excluding tert-OH is 2. The molecule has 2 nitrogen and oxygen atoms in total. The van der Waals surface area contributed by atoms with E-state index in [0.717, 1.165) is 11.1 Å². The largest absolute Gasteiger partial charge is 0.396 e. The third-order valence-corrected chi connectivity index (χ3v) is 3.02. The first-order valence-electron chi connectivity index (χ1n) is 4.64. The van der Waals surface area contributed by atoms with Crippen LogP contribution in [0.1, 0.15) is 24.2 Å². The van der Waals surface area contributed by atoms with Crippen molar-refractivity contribution in [3.63, 3.8) is 0 Å². The fourth-order valence-corrected chi connectivity index (χ4v) is 2.04. The predicted octanol–water partition coefficient (Wildman–Crippen LogP) is 1.41. The Labute approximate surface area is 82.0 Å². The van der Waals surface area contributed by atoms with Crippen molar-refractivity contribution in [2.45, 2.75) is 19.4 Å². The standard InChI is InChI=1S/C11H13FO2/c1-11(6-13)5-7-4-8(12)2-3-9(7)10(11)14/h2-4,10,13-14H,5-6H2,1H3/t10-,11+/m0/s1. The van der Waals surface area contributed by atoms with Crippen LogP contribution in [0.2, 0.25) is 0 Å². The predicted molar refractivity (Wildman–Crippen MR) is 50.3 cm³/mol. The molecule has 14 heavy (non-hydrogen) atoms. The van der Waals surface area contributed by atoms with Crippen LogP contribution in [-0.4, -0.2) is 16.8 Å². The molecule has 0 amide bonds. The highest BCUT2D eigenvalue weighted by molar-refractivity contribution is 5.37. The van der Waals surface area contributed by atoms with Crippen LogP contribution < -0.4 is 0 Å². The lowest BCUT2D eigenvalue weighted by molar-refractivity contribution is 0.00783. The van der Waals surface area contributed by atoms with Crippen LogP contribution >= 0.6 is 0 Å². The summed E-state index contributed by atoms with van der Waals surface area (Å²) in [7, 11) is 0. The Morgan fingerprint density at radius 2 is 2.29 bits per heavy atom. The van der Waals surface area contributed by atoms with Crippen molar-refractivity contribution in [3.8, 4) is 0 Å². The lowest BCUT2D eigenvalue weighted by Crippen LogP contribution is -2.26. The molecule has 0 aliphatic heterocycles. The highest BCUT2D eigenvalue weighted by atomic mass is 19.1. The zero-order chi connectivity index (χ0) is 10.3. The quantitative estimate of drug-likeness (QED) is 0.713. The van der Waals surface area contributed by atoms with E-state index in [-0.39, 0.29) is 12.4 Å². The van der Waals surface area contributed by atoms with Crippen LogP contribution in [0.3, 0.4) is 0 Å². The average Bonchev–Trinajstić information content (AvgIpc) is 2.40. The van der Waals surface area contributed by atoms with E-state index in [1.54, 1.807) is 13.0 Å². The molecule has 1 aromatic carbocycles. The van der Waals surface area contributed by atoms with Gasteiger partial charge in [0.25, 0.3) is 0 Å². The summed E-state index contributed by atoms with van der Waals surface area (Å²) >= 11 is 0. The molecule has 0 saturated heterocycles. The molecule has 0 heterocycles. The molecule has 0 spiro atoms. The van der Waals surface area contributed by atoms with E-state index in [4.69, 9.17) is 0 Å². The molecule has 0 saturated carbocycles. The number of hydrogen-bond acceptors (Lipinski definition) is 2. The summed E-state index contributed by atoms with van der Waals surface area (Å²) in [5.41, 5.74) is 0.979. The normalized spacial score (nSPS) is 30.4. The number of halogens is 1. The van der Waals surface area contributed by atoms with Gasteiger partial charge in [0.15, 0.2) is 0 Å². The zero-order valence-electron chi connectivity index (χ0n) is 8.00. The smallest absolute Gasteiger partial charge is 0.123 e. The Morgan fingerprint density at radius 3 is 2.93 bits per heavy atom. The van der Waals surface area contributed by atoms with E-state index < -0.39 is 11.5 Å². The maximum Gasteiger partial charge on any atom is 0.123 e. The summed E-state index contributed by atoms with van der Waals surface area (Å²) in [5.74, 6) is -0.293. The van der Waals surface area contributed by atoms with E-state index in [1.165, 1.54) is 12.1 Å². The van der Waals surface area contributed by atoms with Gasteiger partial charge >= 0.3 is 0 Å². The fourth-order valence-electron chi connectivity index (χ4n) is 2.04. The monoisotopic (exact) mass is 196 g/mol. The molecule has 0 aromatic heterocycles. The van der Waals surface area contributed by atoms with Crippen LogP contribution in [0.4, 0.5) is 4.39 Å². The Balaban J connectivity index is 2.45. The molecule has 0 unspecified atom stereocenters. The second-order valence-electron chi connectivity index (χ2n) is 4.23. The van der Waals surface area contributed by atoms with E-state index in [0.29, 0.717) is 6.42 Å². The number of benzene rings is 1. The molecule has 0 fully saturated rings. The Morgan fingerprint density at radius 1 is 1.57 bits per heavy atom. The van der Waals surface area contributed by atoms with E-state index >= 15 is 0 Å². The third kappa shape index (κ3) is 1.24. The van der Waals surface area contributed by atoms with Crippen molar-refractivity contribution in [1.29, 1.82) is 0 Å². The molecule has 3 heteroatoms. The first kappa shape index (κ1) is 9.62. The van der Waals surface area contributed by atoms with Gasteiger partial charge in [-0.15, -0.1) is 0 Å². The molecular weight excluding hydrogens is 183 g/mol. The van der Waals surface area contributed by atoms with Crippen LogP contribution in [0, 0.1) is 11.2 Å². The molecular formula is C11H13FO2. The van der Waals surface area contributed by atoms with Crippen LogP contribution in [0.15, 0.2) is 18.2 Å². The second-order valence-corrected chi connectivity index (χ2v) is 4.23. The van der Waals surface area contributed by atoms with Crippen LogP contribution in [0.25, 0.3) is 0 Å².